The van der Waals surface area contributed by atoms with E-state index in [2.05, 4.69) is 4.98 Å². The molecule has 0 atom stereocenters. The summed E-state index contributed by atoms with van der Waals surface area (Å²) in [7, 11) is -6.25. The predicted molar refractivity (Wildman–Crippen MR) is 130 cm³/mol. The zero-order chi connectivity index (χ0) is 25.6. The summed E-state index contributed by atoms with van der Waals surface area (Å²) >= 11 is 0. The van der Waals surface area contributed by atoms with Gasteiger partial charge in [-0.3, -0.25) is 0 Å². The van der Waals surface area contributed by atoms with Gasteiger partial charge in [0.1, 0.15) is 5.82 Å². The first-order chi connectivity index (χ1) is 16.5. The van der Waals surface area contributed by atoms with Gasteiger partial charge in [-0.25, -0.2) is 26.2 Å². The van der Waals surface area contributed by atoms with Crippen LogP contribution >= 0.6 is 0 Å². The fourth-order valence-corrected chi connectivity index (χ4v) is 6.74. The first-order valence-electron chi connectivity index (χ1n) is 11.1. The van der Waals surface area contributed by atoms with Gasteiger partial charge >= 0.3 is 0 Å². The summed E-state index contributed by atoms with van der Waals surface area (Å²) in [6, 6.07) is 13.3. The molecule has 1 aromatic heterocycles. The lowest BCUT2D eigenvalue weighted by atomic mass is 10.2. The first kappa shape index (κ1) is 27.0. The molecule has 0 bridgehead atoms. The molecule has 35 heavy (non-hydrogen) atoms. The largest absolute Gasteiger partial charge is 0.383 e. The second-order valence-corrected chi connectivity index (χ2v) is 12.4. The van der Waals surface area contributed by atoms with Crippen LogP contribution in [-0.2, 0) is 43.4 Å². The highest BCUT2D eigenvalue weighted by atomic mass is 32.2. The molecule has 0 aliphatic carbocycles. The Balaban J connectivity index is 1.99. The average Bonchev–Trinajstić information content (AvgIpc) is 3.22. The van der Waals surface area contributed by atoms with E-state index in [1.54, 1.807) is 18.2 Å². The third kappa shape index (κ3) is 6.75. The molecule has 0 unspecified atom stereocenters. The van der Waals surface area contributed by atoms with Crippen LogP contribution in [0, 0.1) is 11.7 Å². The van der Waals surface area contributed by atoms with Gasteiger partial charge in [-0.05, 0) is 35.7 Å². The van der Waals surface area contributed by atoms with Crippen molar-refractivity contribution in [3.05, 3.63) is 77.9 Å². The number of nitrogens with zero attached hydrogens (tertiary/aromatic N) is 3. The van der Waals surface area contributed by atoms with Crippen molar-refractivity contribution in [2.45, 2.75) is 42.7 Å². The van der Waals surface area contributed by atoms with Crippen molar-refractivity contribution >= 4 is 19.9 Å². The van der Waals surface area contributed by atoms with Gasteiger partial charge in [0.25, 0.3) is 0 Å². The van der Waals surface area contributed by atoms with E-state index in [1.807, 2.05) is 13.8 Å². The van der Waals surface area contributed by atoms with Crippen LogP contribution in [0.5, 0.6) is 0 Å². The summed E-state index contributed by atoms with van der Waals surface area (Å²) in [6.45, 7) is 4.38. The number of ether oxygens (including phenoxy) is 1. The van der Waals surface area contributed by atoms with Gasteiger partial charge in [0.05, 0.1) is 35.7 Å². The molecule has 0 saturated carbocycles. The highest BCUT2D eigenvalue weighted by Crippen LogP contribution is 2.23. The normalized spacial score (nSPS) is 12.5. The number of methoxy groups -OCH3 is 1. The van der Waals surface area contributed by atoms with Gasteiger partial charge in [-0.15, -0.1) is 0 Å². The van der Waals surface area contributed by atoms with E-state index in [4.69, 9.17) is 4.74 Å². The number of hydrogen-bond donors (Lipinski definition) is 0. The molecule has 0 radical (unpaired) electrons. The topological polar surface area (TPSA) is 98.6 Å². The molecule has 1 heterocycles. The smallest absolute Gasteiger partial charge is 0.243 e. The number of sulfonamides is 1. The summed E-state index contributed by atoms with van der Waals surface area (Å²) in [4.78, 5) is 4.33. The van der Waals surface area contributed by atoms with Crippen LogP contribution in [-0.4, -0.2) is 51.0 Å². The van der Waals surface area contributed by atoms with E-state index in [1.165, 1.54) is 58.6 Å². The Bertz CT molecular complexity index is 1320. The second-order valence-electron chi connectivity index (χ2n) is 8.57. The lowest BCUT2D eigenvalue weighted by molar-refractivity contribution is 0.182. The molecule has 190 valence electrons. The fourth-order valence-electron chi connectivity index (χ4n) is 3.63. The molecule has 3 rings (SSSR count). The van der Waals surface area contributed by atoms with E-state index in [-0.39, 0.29) is 48.0 Å². The molecular weight excluding hydrogens is 493 g/mol. The monoisotopic (exact) mass is 523 g/mol. The SMILES string of the molecule is COCCn1c(CN(CC(C)C)S(=O)(=O)c2ccccc2)cnc1S(=O)(=O)Cc1ccc(F)cc1. The molecule has 0 fully saturated rings. The Morgan fingerprint density at radius 3 is 2.29 bits per heavy atom. The van der Waals surface area contributed by atoms with Gasteiger partial charge in [0.15, 0.2) is 0 Å². The summed E-state index contributed by atoms with van der Waals surface area (Å²) < 4.78 is 74.4. The molecule has 0 spiro atoms. The van der Waals surface area contributed by atoms with Crippen molar-refractivity contribution in [1.82, 2.24) is 13.9 Å². The Labute approximate surface area is 206 Å². The van der Waals surface area contributed by atoms with E-state index in [9.17, 15) is 21.2 Å². The Morgan fingerprint density at radius 1 is 1.03 bits per heavy atom. The molecule has 11 heteroatoms. The molecule has 0 saturated heterocycles. The maximum Gasteiger partial charge on any atom is 0.243 e. The Hall–Kier alpha value is -2.60. The Kier molecular flexibility index (Phi) is 8.81. The van der Waals surface area contributed by atoms with Crippen molar-refractivity contribution in [2.75, 3.05) is 20.3 Å². The molecule has 8 nitrogen and oxygen atoms in total. The van der Waals surface area contributed by atoms with Gasteiger partial charge in [0, 0.05) is 20.2 Å². The molecule has 0 aliphatic rings. The first-order valence-corrected chi connectivity index (χ1v) is 14.2. The van der Waals surface area contributed by atoms with E-state index < -0.39 is 25.7 Å². The van der Waals surface area contributed by atoms with Crippen LogP contribution in [0.1, 0.15) is 25.1 Å². The van der Waals surface area contributed by atoms with Gasteiger partial charge in [-0.1, -0.05) is 44.2 Å². The molecular formula is C24H30FN3O5S2. The quantitative estimate of drug-likeness (QED) is 0.360. The Morgan fingerprint density at radius 2 is 1.69 bits per heavy atom. The van der Waals surface area contributed by atoms with Crippen LogP contribution in [0.2, 0.25) is 0 Å². The van der Waals surface area contributed by atoms with Crippen LogP contribution in [0.3, 0.4) is 0 Å². The van der Waals surface area contributed by atoms with Crippen LogP contribution in [0.15, 0.2) is 70.8 Å². The number of sulfone groups is 1. The fraction of sp³-hybridized carbons (Fsp3) is 0.375. The summed E-state index contributed by atoms with van der Waals surface area (Å²) in [5.74, 6) is -0.792. The minimum absolute atomic E-state index is 0.0329. The van der Waals surface area contributed by atoms with Gasteiger partial charge < -0.3 is 9.30 Å². The third-order valence-corrected chi connectivity index (χ3v) is 8.68. The summed E-state index contributed by atoms with van der Waals surface area (Å²) in [6.07, 6.45) is 1.39. The van der Waals surface area contributed by atoms with E-state index >= 15 is 0 Å². The third-order valence-electron chi connectivity index (χ3n) is 5.26. The number of benzene rings is 2. The lowest BCUT2D eigenvalue weighted by Gasteiger charge is -2.24. The number of halogens is 1. The predicted octanol–water partition coefficient (Wildman–Crippen LogP) is 3.49. The van der Waals surface area contributed by atoms with Gasteiger partial charge in [0.2, 0.25) is 25.0 Å². The average molecular weight is 524 g/mol. The minimum atomic E-state index is -3.91. The van der Waals surface area contributed by atoms with Crippen LogP contribution in [0.25, 0.3) is 0 Å². The second kappa shape index (κ2) is 11.4. The highest BCUT2D eigenvalue weighted by Gasteiger charge is 2.29. The zero-order valence-corrected chi connectivity index (χ0v) is 21.6. The van der Waals surface area contributed by atoms with Crippen molar-refractivity contribution in [3.63, 3.8) is 0 Å². The zero-order valence-electron chi connectivity index (χ0n) is 20.0. The highest BCUT2D eigenvalue weighted by molar-refractivity contribution is 7.90. The molecule has 2 aromatic carbocycles. The lowest BCUT2D eigenvalue weighted by Crippen LogP contribution is -2.34. The van der Waals surface area contributed by atoms with Crippen LogP contribution < -0.4 is 0 Å². The number of rotatable bonds is 12. The van der Waals surface area contributed by atoms with E-state index in [0.717, 1.165) is 0 Å². The van der Waals surface area contributed by atoms with Crippen molar-refractivity contribution < 1.29 is 26.0 Å². The summed E-state index contributed by atoms with van der Waals surface area (Å²) in [5, 5.41) is -0.185. The molecule has 0 aliphatic heterocycles. The van der Waals surface area contributed by atoms with E-state index in [0.29, 0.717) is 11.3 Å². The number of hydrogen-bond acceptors (Lipinski definition) is 6. The summed E-state index contributed by atoms with van der Waals surface area (Å²) in [5.41, 5.74) is 0.849. The maximum absolute atomic E-state index is 13.4. The van der Waals surface area contributed by atoms with Crippen LogP contribution in [0.4, 0.5) is 4.39 Å². The van der Waals surface area contributed by atoms with Crippen molar-refractivity contribution in [3.8, 4) is 0 Å². The van der Waals surface area contributed by atoms with Gasteiger partial charge in [-0.2, -0.15) is 4.31 Å². The minimum Gasteiger partial charge on any atom is -0.383 e. The van der Waals surface area contributed by atoms with Crippen molar-refractivity contribution in [2.24, 2.45) is 5.92 Å². The number of imidazole rings is 1. The molecule has 0 amide bonds. The standard InChI is InChI=1S/C24H30FN3O5S2/c1-19(2)16-27(35(31,32)23-7-5-4-6-8-23)17-22-15-26-24(28(22)13-14-33-3)34(29,30)18-20-9-11-21(25)12-10-20/h4-12,15,19H,13-14,16-18H2,1-3H3. The number of aromatic nitrogens is 2. The maximum atomic E-state index is 13.4. The molecule has 3 aromatic rings. The van der Waals surface area contributed by atoms with Crippen molar-refractivity contribution in [1.29, 1.82) is 0 Å². The molecule has 0 N–H and O–H groups in total.